The van der Waals surface area contributed by atoms with Crippen LogP contribution >= 0.6 is 0 Å². The molecule has 1 aromatic heterocycles. The molecular weight excluding hydrogens is 204 g/mol. The van der Waals surface area contributed by atoms with Gasteiger partial charge in [-0.05, 0) is 24.3 Å². The molecule has 2 aromatic rings. The van der Waals surface area contributed by atoms with Crippen LogP contribution in [0.2, 0.25) is 0 Å². The molecule has 80 valence electrons. The minimum Gasteiger partial charge on any atom is -0.427 e. The summed E-state index contributed by atoms with van der Waals surface area (Å²) >= 11 is 0. The molecule has 0 saturated heterocycles. The summed E-state index contributed by atoms with van der Waals surface area (Å²) in [4.78, 5) is 15.5. The summed E-state index contributed by atoms with van der Waals surface area (Å²) in [6, 6.07) is 13.6. The summed E-state index contributed by atoms with van der Waals surface area (Å²) in [7, 11) is 0. The van der Waals surface area contributed by atoms with E-state index in [4.69, 9.17) is 0 Å². The van der Waals surface area contributed by atoms with Crippen LogP contribution in [0.1, 0.15) is 10.4 Å². The van der Waals surface area contributed by atoms with E-state index in [-0.39, 0.29) is 11.4 Å². The molecule has 4 heteroatoms. The predicted octanol–water partition coefficient (Wildman–Crippen LogP) is 1.47. The second kappa shape index (κ2) is 4.44. The van der Waals surface area contributed by atoms with Gasteiger partial charge < -0.3 is 5.21 Å². The monoisotopic (exact) mass is 214 g/mol. The van der Waals surface area contributed by atoms with E-state index in [2.05, 4.69) is 4.99 Å². The summed E-state index contributed by atoms with van der Waals surface area (Å²) in [5.74, 6) is -0.380. The number of hydrogen-bond donors (Lipinski definition) is 1. The van der Waals surface area contributed by atoms with Crippen molar-refractivity contribution in [1.82, 2.24) is 4.73 Å². The lowest BCUT2D eigenvalue weighted by atomic mass is 10.2. The largest absolute Gasteiger partial charge is 0.427 e. The quantitative estimate of drug-likeness (QED) is 0.731. The first-order valence-corrected chi connectivity index (χ1v) is 4.78. The summed E-state index contributed by atoms with van der Waals surface area (Å²) in [6.45, 7) is 0. The van der Waals surface area contributed by atoms with E-state index < -0.39 is 0 Å². The first-order chi connectivity index (χ1) is 7.77. The van der Waals surface area contributed by atoms with Crippen molar-refractivity contribution in [2.24, 2.45) is 4.99 Å². The highest BCUT2D eigenvalue weighted by molar-refractivity contribution is 5.94. The zero-order valence-corrected chi connectivity index (χ0v) is 8.45. The van der Waals surface area contributed by atoms with Crippen molar-refractivity contribution in [2.45, 2.75) is 0 Å². The first kappa shape index (κ1) is 10.2. The maximum atomic E-state index is 11.7. The van der Waals surface area contributed by atoms with Crippen molar-refractivity contribution in [3.8, 4) is 0 Å². The molecule has 1 amide bonds. The Balaban J connectivity index is 2.40. The van der Waals surface area contributed by atoms with Crippen molar-refractivity contribution < 1.29 is 10.0 Å². The second-order valence-corrected chi connectivity index (χ2v) is 3.19. The first-order valence-electron chi connectivity index (χ1n) is 4.78. The number of aromatic nitrogens is 1. The van der Waals surface area contributed by atoms with Crippen LogP contribution in [0.4, 0.5) is 0 Å². The van der Waals surface area contributed by atoms with E-state index >= 15 is 0 Å². The number of carbonyl (C=O) groups is 1. The molecule has 0 radical (unpaired) electrons. The van der Waals surface area contributed by atoms with Crippen molar-refractivity contribution in [2.75, 3.05) is 0 Å². The van der Waals surface area contributed by atoms with Crippen LogP contribution in [0.15, 0.2) is 59.7 Å². The average Bonchev–Trinajstić information content (AvgIpc) is 2.33. The molecule has 4 nitrogen and oxygen atoms in total. The van der Waals surface area contributed by atoms with Gasteiger partial charge >= 0.3 is 0 Å². The van der Waals surface area contributed by atoms with Crippen LogP contribution in [0.5, 0.6) is 0 Å². The van der Waals surface area contributed by atoms with E-state index in [1.165, 1.54) is 6.20 Å². The van der Waals surface area contributed by atoms with Gasteiger partial charge in [-0.2, -0.15) is 9.72 Å². The van der Waals surface area contributed by atoms with E-state index in [1.807, 2.05) is 6.07 Å². The topological polar surface area (TPSA) is 54.6 Å². The van der Waals surface area contributed by atoms with Gasteiger partial charge in [0.05, 0.1) is 0 Å². The number of hydrogen-bond acceptors (Lipinski definition) is 2. The van der Waals surface area contributed by atoms with Crippen molar-refractivity contribution >= 4 is 5.91 Å². The number of amides is 1. The molecule has 0 aliphatic heterocycles. The Morgan fingerprint density at radius 3 is 2.44 bits per heavy atom. The zero-order valence-electron chi connectivity index (χ0n) is 8.45. The molecule has 0 bridgehead atoms. The van der Waals surface area contributed by atoms with Crippen LogP contribution in [0, 0.1) is 0 Å². The van der Waals surface area contributed by atoms with Gasteiger partial charge in [-0.25, -0.2) is 0 Å². The lowest BCUT2D eigenvalue weighted by molar-refractivity contribution is 0.0988. The third-order valence-electron chi connectivity index (χ3n) is 2.06. The van der Waals surface area contributed by atoms with Gasteiger partial charge in [-0.1, -0.05) is 24.3 Å². The highest BCUT2D eigenvalue weighted by Gasteiger charge is 2.01. The summed E-state index contributed by atoms with van der Waals surface area (Å²) < 4.78 is 0.806. The third kappa shape index (κ3) is 2.17. The van der Waals surface area contributed by atoms with Crippen molar-refractivity contribution in [3.05, 3.63) is 65.8 Å². The molecule has 2 rings (SSSR count). The summed E-state index contributed by atoms with van der Waals surface area (Å²) in [6.07, 6.45) is 1.41. The SMILES string of the molecule is O=C(N=c1ccccn1O)c1ccccc1. The molecule has 0 saturated carbocycles. The molecule has 0 atom stereocenters. The van der Waals surface area contributed by atoms with Gasteiger partial charge in [0.25, 0.3) is 5.91 Å². The highest BCUT2D eigenvalue weighted by atomic mass is 16.5. The lowest BCUT2D eigenvalue weighted by Gasteiger charge is -1.97. The molecule has 1 N–H and O–H groups in total. The molecule has 1 heterocycles. The van der Waals surface area contributed by atoms with Gasteiger partial charge in [-0.3, -0.25) is 4.79 Å². The Morgan fingerprint density at radius 1 is 1.06 bits per heavy atom. The Morgan fingerprint density at radius 2 is 1.75 bits per heavy atom. The molecule has 0 aliphatic carbocycles. The van der Waals surface area contributed by atoms with Gasteiger partial charge in [0, 0.05) is 11.8 Å². The lowest BCUT2D eigenvalue weighted by Crippen LogP contribution is -2.19. The van der Waals surface area contributed by atoms with Crippen molar-refractivity contribution in [1.29, 1.82) is 0 Å². The Kier molecular flexibility index (Phi) is 2.82. The second-order valence-electron chi connectivity index (χ2n) is 3.19. The minimum atomic E-state index is -0.380. The van der Waals surface area contributed by atoms with Gasteiger partial charge in [0.1, 0.15) is 0 Å². The number of benzene rings is 1. The molecule has 16 heavy (non-hydrogen) atoms. The predicted molar refractivity (Wildman–Crippen MR) is 58.0 cm³/mol. The average molecular weight is 214 g/mol. The standard InChI is InChI=1S/C12H10N2O2/c15-12(10-6-2-1-3-7-10)13-11-8-4-5-9-14(11)16/h1-9,16H. The Hall–Kier alpha value is -2.36. The summed E-state index contributed by atoms with van der Waals surface area (Å²) in [5.41, 5.74) is 0.697. The zero-order chi connectivity index (χ0) is 11.4. The van der Waals surface area contributed by atoms with Crippen molar-refractivity contribution in [3.63, 3.8) is 0 Å². The molecule has 0 spiro atoms. The molecule has 0 fully saturated rings. The van der Waals surface area contributed by atoms with Crippen LogP contribution in [0.25, 0.3) is 0 Å². The highest BCUT2D eigenvalue weighted by Crippen LogP contribution is 1.99. The number of pyridine rings is 1. The fraction of sp³-hybridized carbons (Fsp3) is 0. The number of rotatable bonds is 1. The van der Waals surface area contributed by atoms with Gasteiger partial charge in [0.2, 0.25) is 0 Å². The summed E-state index contributed by atoms with van der Waals surface area (Å²) in [5, 5.41) is 9.38. The minimum absolute atomic E-state index is 0.205. The fourth-order valence-corrected chi connectivity index (χ4v) is 1.26. The number of carbonyl (C=O) groups excluding carboxylic acids is 1. The molecular formula is C12H10N2O2. The third-order valence-corrected chi connectivity index (χ3v) is 2.06. The fourth-order valence-electron chi connectivity index (χ4n) is 1.26. The van der Waals surface area contributed by atoms with Crippen LogP contribution in [-0.2, 0) is 0 Å². The van der Waals surface area contributed by atoms with Crippen LogP contribution in [-0.4, -0.2) is 15.8 Å². The Bertz CT molecular complexity index is 558. The molecule has 0 unspecified atom stereocenters. The van der Waals surface area contributed by atoms with E-state index in [0.29, 0.717) is 5.56 Å². The molecule has 1 aromatic carbocycles. The smallest absolute Gasteiger partial charge is 0.279 e. The maximum Gasteiger partial charge on any atom is 0.279 e. The maximum absolute atomic E-state index is 11.7. The van der Waals surface area contributed by atoms with Gasteiger partial charge in [-0.15, -0.1) is 0 Å². The van der Waals surface area contributed by atoms with Crippen LogP contribution < -0.4 is 5.49 Å². The van der Waals surface area contributed by atoms with E-state index in [1.54, 1.807) is 42.5 Å². The number of nitrogens with zero attached hydrogens (tertiary/aromatic N) is 2. The van der Waals surface area contributed by atoms with E-state index in [0.717, 1.165) is 4.73 Å². The molecule has 0 aliphatic rings. The van der Waals surface area contributed by atoms with Crippen LogP contribution in [0.3, 0.4) is 0 Å². The van der Waals surface area contributed by atoms with Gasteiger partial charge in [0.15, 0.2) is 5.49 Å². The normalized spacial score (nSPS) is 11.4. The van der Waals surface area contributed by atoms with E-state index in [9.17, 15) is 10.0 Å². The Labute approximate surface area is 92.1 Å².